The number of hydrogen-bond donors (Lipinski definition) is 2. The van der Waals surface area contributed by atoms with Crippen LogP contribution in [0.4, 0.5) is 5.95 Å². The number of nitrogens with two attached hydrogens (primary N) is 1. The molecule has 3 aromatic heterocycles. The van der Waals surface area contributed by atoms with E-state index in [9.17, 15) is 4.79 Å². The molecule has 134 valence electrons. The Balaban J connectivity index is 1.83. The van der Waals surface area contributed by atoms with Crippen molar-refractivity contribution in [2.75, 3.05) is 5.32 Å². The lowest BCUT2D eigenvalue weighted by atomic mass is 10.00. The Labute approximate surface area is 155 Å². The van der Waals surface area contributed by atoms with E-state index in [0.29, 0.717) is 33.6 Å². The van der Waals surface area contributed by atoms with Crippen LogP contribution in [-0.4, -0.2) is 30.6 Å². The van der Waals surface area contributed by atoms with E-state index in [1.165, 1.54) is 4.68 Å². The second kappa shape index (κ2) is 6.72. The number of anilines is 1. The van der Waals surface area contributed by atoms with Gasteiger partial charge in [-0.25, -0.2) is 9.97 Å². The van der Waals surface area contributed by atoms with Crippen molar-refractivity contribution in [3.05, 3.63) is 53.2 Å². The highest BCUT2D eigenvalue weighted by molar-refractivity contribution is 6.31. The van der Waals surface area contributed by atoms with Gasteiger partial charge in [-0.1, -0.05) is 11.6 Å². The molecule has 26 heavy (non-hydrogen) atoms. The molecule has 0 saturated heterocycles. The molecule has 3 aromatic rings. The van der Waals surface area contributed by atoms with E-state index in [2.05, 4.69) is 25.4 Å². The van der Waals surface area contributed by atoms with Crippen LogP contribution < -0.4 is 11.1 Å². The molecule has 0 atom stereocenters. The zero-order valence-corrected chi connectivity index (χ0v) is 15.3. The molecule has 3 rings (SSSR count). The van der Waals surface area contributed by atoms with E-state index in [1.54, 1.807) is 43.8 Å². The van der Waals surface area contributed by atoms with E-state index in [0.717, 1.165) is 0 Å². The molecule has 0 bridgehead atoms. The minimum Gasteiger partial charge on any atom is -0.364 e. The van der Waals surface area contributed by atoms with Crippen LogP contribution in [0.5, 0.6) is 0 Å². The summed E-state index contributed by atoms with van der Waals surface area (Å²) in [4.78, 5) is 24.3. The first kappa shape index (κ1) is 17.8. The maximum atomic E-state index is 11.3. The topological polar surface area (TPSA) is 112 Å². The number of aryl methyl sites for hydroxylation is 1. The highest BCUT2D eigenvalue weighted by Gasteiger charge is 2.25. The van der Waals surface area contributed by atoms with Gasteiger partial charge >= 0.3 is 0 Å². The van der Waals surface area contributed by atoms with Gasteiger partial charge in [-0.15, -0.1) is 0 Å². The molecule has 0 aliphatic carbocycles. The summed E-state index contributed by atoms with van der Waals surface area (Å²) in [6, 6.07) is 5.17. The van der Waals surface area contributed by atoms with Crippen LogP contribution in [0.2, 0.25) is 5.02 Å². The molecular weight excluding hydrogens is 354 g/mol. The molecular formula is C17H18ClN7O. The second-order valence-electron chi connectivity index (χ2n) is 6.28. The molecule has 0 aliphatic heterocycles. The second-order valence-corrected chi connectivity index (χ2v) is 6.69. The van der Waals surface area contributed by atoms with Crippen LogP contribution in [0.25, 0.3) is 11.3 Å². The molecule has 0 saturated carbocycles. The fraction of sp³-hybridized carbons (Fsp3) is 0.235. The molecule has 1 amide bonds. The SMILES string of the molecule is Cn1nc(-c2cnc(NC(C)(C)c3ncccc3Cl)nc2)cc1C(N)=O. The minimum atomic E-state index is -0.565. The highest BCUT2D eigenvalue weighted by atomic mass is 35.5. The van der Waals surface area contributed by atoms with Gasteiger partial charge in [0.25, 0.3) is 5.91 Å². The highest BCUT2D eigenvalue weighted by Crippen LogP contribution is 2.28. The third-order valence-corrected chi connectivity index (χ3v) is 4.16. The van der Waals surface area contributed by atoms with Crippen molar-refractivity contribution < 1.29 is 4.79 Å². The first-order valence-corrected chi connectivity index (χ1v) is 8.21. The maximum absolute atomic E-state index is 11.3. The molecule has 9 heteroatoms. The van der Waals surface area contributed by atoms with Gasteiger partial charge in [0.1, 0.15) is 5.69 Å². The van der Waals surface area contributed by atoms with Crippen LogP contribution in [0.3, 0.4) is 0 Å². The van der Waals surface area contributed by atoms with Crippen molar-refractivity contribution in [2.45, 2.75) is 19.4 Å². The number of amides is 1. The molecule has 0 unspecified atom stereocenters. The van der Waals surface area contributed by atoms with Crippen LogP contribution in [0, 0.1) is 0 Å². The number of pyridine rings is 1. The van der Waals surface area contributed by atoms with Gasteiger partial charge in [-0.3, -0.25) is 14.5 Å². The summed E-state index contributed by atoms with van der Waals surface area (Å²) in [5, 5.41) is 8.04. The molecule has 0 fully saturated rings. The summed E-state index contributed by atoms with van der Waals surface area (Å²) in [5.74, 6) is -0.119. The van der Waals surface area contributed by atoms with Crippen molar-refractivity contribution in [3.8, 4) is 11.3 Å². The first-order valence-electron chi connectivity index (χ1n) is 7.83. The zero-order chi connectivity index (χ0) is 18.9. The number of carbonyl (C=O) groups is 1. The average Bonchev–Trinajstić information content (AvgIpc) is 2.97. The number of hydrogen-bond acceptors (Lipinski definition) is 6. The minimum absolute atomic E-state index is 0.313. The first-order chi connectivity index (χ1) is 12.3. The van der Waals surface area contributed by atoms with E-state index >= 15 is 0 Å². The molecule has 0 aromatic carbocycles. The van der Waals surface area contributed by atoms with E-state index < -0.39 is 11.4 Å². The Kier molecular flexibility index (Phi) is 4.60. The molecule has 3 heterocycles. The summed E-state index contributed by atoms with van der Waals surface area (Å²) in [6.07, 6.45) is 4.93. The van der Waals surface area contributed by atoms with Crippen LogP contribution in [0.15, 0.2) is 36.8 Å². The Bertz CT molecular complexity index is 950. The Morgan fingerprint density at radius 2 is 1.96 bits per heavy atom. The van der Waals surface area contributed by atoms with Gasteiger partial charge in [0.05, 0.1) is 21.9 Å². The smallest absolute Gasteiger partial charge is 0.266 e. The largest absolute Gasteiger partial charge is 0.364 e. The monoisotopic (exact) mass is 371 g/mol. The number of nitrogens with one attached hydrogen (secondary N) is 1. The Hall–Kier alpha value is -3.00. The van der Waals surface area contributed by atoms with E-state index in [-0.39, 0.29) is 0 Å². The number of carbonyl (C=O) groups excluding carboxylic acids is 1. The number of rotatable bonds is 5. The van der Waals surface area contributed by atoms with Gasteiger partial charge in [-0.2, -0.15) is 5.10 Å². The van der Waals surface area contributed by atoms with Crippen LogP contribution in [0.1, 0.15) is 30.0 Å². The number of halogens is 1. The quantitative estimate of drug-likeness (QED) is 0.712. The summed E-state index contributed by atoms with van der Waals surface area (Å²) < 4.78 is 1.43. The zero-order valence-electron chi connectivity index (χ0n) is 14.6. The fourth-order valence-electron chi connectivity index (χ4n) is 2.55. The summed E-state index contributed by atoms with van der Waals surface area (Å²) in [7, 11) is 1.65. The van der Waals surface area contributed by atoms with Gasteiger partial charge in [0, 0.05) is 31.2 Å². The van der Waals surface area contributed by atoms with Crippen LogP contribution >= 0.6 is 11.6 Å². The number of nitrogens with zero attached hydrogens (tertiary/aromatic N) is 5. The standard InChI is InChI=1S/C17H18ClN7O/c1-17(2,14-11(18)5-4-6-20-14)23-16-21-8-10(9-22-16)12-7-13(15(19)26)25(3)24-12/h4-9H,1-3H3,(H2,19,26)(H,21,22,23). The summed E-state index contributed by atoms with van der Waals surface area (Å²) >= 11 is 6.23. The fourth-order valence-corrected chi connectivity index (χ4v) is 2.91. The lowest BCUT2D eigenvalue weighted by Gasteiger charge is -2.26. The van der Waals surface area contributed by atoms with E-state index in [1.807, 2.05) is 13.8 Å². The Morgan fingerprint density at radius 3 is 2.54 bits per heavy atom. The third-order valence-electron chi connectivity index (χ3n) is 3.85. The average molecular weight is 372 g/mol. The summed E-state index contributed by atoms with van der Waals surface area (Å²) in [6.45, 7) is 3.88. The summed E-state index contributed by atoms with van der Waals surface area (Å²) in [5.41, 5.74) is 7.00. The lowest BCUT2D eigenvalue weighted by Crippen LogP contribution is -2.30. The van der Waals surface area contributed by atoms with E-state index in [4.69, 9.17) is 17.3 Å². The van der Waals surface area contributed by atoms with Crippen molar-refractivity contribution in [3.63, 3.8) is 0 Å². The van der Waals surface area contributed by atoms with Crippen molar-refractivity contribution in [1.82, 2.24) is 24.7 Å². The number of aromatic nitrogens is 5. The number of primary amides is 1. The van der Waals surface area contributed by atoms with Crippen molar-refractivity contribution in [1.29, 1.82) is 0 Å². The van der Waals surface area contributed by atoms with Gasteiger partial charge in [-0.05, 0) is 32.0 Å². The molecule has 0 spiro atoms. The normalized spacial score (nSPS) is 11.4. The third kappa shape index (κ3) is 3.50. The lowest BCUT2D eigenvalue weighted by molar-refractivity contribution is 0.0991. The van der Waals surface area contributed by atoms with Crippen molar-refractivity contribution in [2.24, 2.45) is 12.8 Å². The Morgan fingerprint density at radius 1 is 1.27 bits per heavy atom. The van der Waals surface area contributed by atoms with Crippen molar-refractivity contribution >= 4 is 23.5 Å². The van der Waals surface area contributed by atoms with Gasteiger partial charge in [0.2, 0.25) is 5.95 Å². The molecule has 0 aliphatic rings. The van der Waals surface area contributed by atoms with Crippen LogP contribution in [-0.2, 0) is 12.6 Å². The predicted molar refractivity (Wildman–Crippen MR) is 98.6 cm³/mol. The molecule has 8 nitrogen and oxygen atoms in total. The predicted octanol–water partition coefficient (Wildman–Crippen LogP) is 2.37. The molecule has 3 N–H and O–H groups in total. The maximum Gasteiger partial charge on any atom is 0.266 e. The van der Waals surface area contributed by atoms with Gasteiger partial charge in [0.15, 0.2) is 0 Å². The molecule has 0 radical (unpaired) electrons. The van der Waals surface area contributed by atoms with Gasteiger partial charge < -0.3 is 11.1 Å².